The molecule has 1 fully saturated rings. The summed E-state index contributed by atoms with van der Waals surface area (Å²) >= 11 is 1.60. The van der Waals surface area contributed by atoms with E-state index in [2.05, 4.69) is 4.98 Å². The van der Waals surface area contributed by atoms with Crippen molar-refractivity contribution in [3.8, 4) is 0 Å². The molecule has 2 aliphatic rings. The van der Waals surface area contributed by atoms with Crippen molar-refractivity contribution < 1.29 is 9.53 Å². The highest BCUT2D eigenvalue weighted by atomic mass is 32.1. The van der Waals surface area contributed by atoms with Gasteiger partial charge >= 0.3 is 5.97 Å². The van der Waals surface area contributed by atoms with Crippen LogP contribution in [0.1, 0.15) is 74.1 Å². The van der Waals surface area contributed by atoms with E-state index < -0.39 is 0 Å². The molecule has 0 atom stereocenters. The minimum Gasteiger partial charge on any atom is -0.459 e. The molecule has 6 heteroatoms. The average Bonchev–Trinajstić information content (AvgIpc) is 3.04. The lowest BCUT2D eigenvalue weighted by molar-refractivity contribution is -0.145. The average molecular weight is 375 g/mol. The first kappa shape index (κ1) is 17.7. The first-order chi connectivity index (χ1) is 12.7. The minimum absolute atomic E-state index is 0.0531. The number of nitrogens with zero attached hydrogens (tertiary/aromatic N) is 2. The molecule has 0 radical (unpaired) electrons. The number of carbonyl (C=O) groups excluding carboxylic acids is 1. The van der Waals surface area contributed by atoms with Crippen molar-refractivity contribution in [2.75, 3.05) is 0 Å². The van der Waals surface area contributed by atoms with E-state index in [4.69, 9.17) is 4.74 Å². The van der Waals surface area contributed by atoms with Gasteiger partial charge in [-0.05, 0) is 38.0 Å². The number of hydrogen-bond acceptors (Lipinski definition) is 5. The standard InChI is InChI=1S/C20H26N2O3S/c23-18-12-15(13-25-19(24)11-10-14-6-2-1-3-7-14)21-20-22(18)16-8-4-5-9-17(16)26-20/h12,14H,1-11,13H2. The molecular formula is C20H26N2O3S. The molecule has 2 aromatic heterocycles. The third-order valence-electron chi connectivity index (χ3n) is 5.68. The van der Waals surface area contributed by atoms with Crippen LogP contribution in [0.15, 0.2) is 10.9 Å². The highest BCUT2D eigenvalue weighted by molar-refractivity contribution is 7.17. The monoisotopic (exact) mass is 374 g/mol. The minimum atomic E-state index is -0.178. The number of aryl methyl sites for hydroxylation is 2. The van der Waals surface area contributed by atoms with Gasteiger partial charge in [-0.25, -0.2) is 4.98 Å². The number of thiazole rings is 1. The molecule has 0 saturated heterocycles. The van der Waals surface area contributed by atoms with Crippen molar-refractivity contribution >= 4 is 22.3 Å². The van der Waals surface area contributed by atoms with E-state index in [9.17, 15) is 9.59 Å². The Morgan fingerprint density at radius 2 is 2.00 bits per heavy atom. The molecule has 2 heterocycles. The molecule has 0 amide bonds. The summed E-state index contributed by atoms with van der Waals surface area (Å²) < 4.78 is 7.12. The number of hydrogen-bond donors (Lipinski definition) is 0. The van der Waals surface area contributed by atoms with Crippen LogP contribution in [0.4, 0.5) is 0 Å². The van der Waals surface area contributed by atoms with Crippen molar-refractivity contribution in [2.24, 2.45) is 5.92 Å². The molecule has 0 N–H and O–H groups in total. The molecule has 0 aromatic carbocycles. The third kappa shape index (κ3) is 3.85. The van der Waals surface area contributed by atoms with Crippen LogP contribution in [0, 0.1) is 5.92 Å². The Balaban J connectivity index is 1.38. The number of esters is 1. The molecule has 4 rings (SSSR count). The topological polar surface area (TPSA) is 60.7 Å². The third-order valence-corrected chi connectivity index (χ3v) is 6.82. The number of aromatic nitrogens is 2. The number of carbonyl (C=O) groups is 1. The van der Waals surface area contributed by atoms with Gasteiger partial charge in [0, 0.05) is 23.1 Å². The van der Waals surface area contributed by atoms with Crippen molar-refractivity contribution in [2.45, 2.75) is 77.2 Å². The summed E-state index contributed by atoms with van der Waals surface area (Å²) in [6.45, 7) is 0.0950. The van der Waals surface area contributed by atoms with Crippen LogP contribution in [0.25, 0.3) is 4.96 Å². The maximum absolute atomic E-state index is 12.5. The molecule has 0 aliphatic heterocycles. The molecule has 0 bridgehead atoms. The second kappa shape index (κ2) is 7.91. The highest BCUT2D eigenvalue weighted by Gasteiger charge is 2.19. The van der Waals surface area contributed by atoms with E-state index in [-0.39, 0.29) is 18.1 Å². The summed E-state index contributed by atoms with van der Waals surface area (Å²) in [6, 6.07) is 1.52. The summed E-state index contributed by atoms with van der Waals surface area (Å²) in [6.07, 6.45) is 12.1. The maximum Gasteiger partial charge on any atom is 0.306 e. The summed E-state index contributed by atoms with van der Waals surface area (Å²) in [7, 11) is 0. The van der Waals surface area contributed by atoms with Gasteiger partial charge in [0.25, 0.3) is 5.56 Å². The van der Waals surface area contributed by atoms with Gasteiger partial charge in [-0.3, -0.25) is 14.0 Å². The van der Waals surface area contributed by atoms with E-state index in [1.807, 2.05) is 0 Å². The fraction of sp³-hybridized carbons (Fsp3) is 0.650. The van der Waals surface area contributed by atoms with Crippen LogP contribution < -0.4 is 5.56 Å². The molecule has 140 valence electrons. The number of fused-ring (bicyclic) bond motifs is 3. The van der Waals surface area contributed by atoms with Gasteiger partial charge in [-0.1, -0.05) is 32.1 Å². The lowest BCUT2D eigenvalue weighted by Gasteiger charge is -2.20. The summed E-state index contributed by atoms with van der Waals surface area (Å²) in [5.74, 6) is 0.496. The Bertz CT molecular complexity index is 849. The number of rotatable bonds is 5. The Kier molecular flexibility index (Phi) is 5.38. The van der Waals surface area contributed by atoms with Crippen LogP contribution in [0.2, 0.25) is 0 Å². The van der Waals surface area contributed by atoms with Gasteiger partial charge in [-0.2, -0.15) is 0 Å². The lowest BCUT2D eigenvalue weighted by atomic mass is 9.86. The van der Waals surface area contributed by atoms with Gasteiger partial charge in [0.05, 0.1) is 5.69 Å². The van der Waals surface area contributed by atoms with Gasteiger partial charge in [0.1, 0.15) is 6.61 Å². The SMILES string of the molecule is O=C(CCC1CCCCC1)OCc1cc(=O)n2c3c(sc2n1)CCCC3. The fourth-order valence-corrected chi connectivity index (χ4v) is 5.47. The van der Waals surface area contributed by atoms with E-state index in [0.717, 1.165) is 36.3 Å². The Labute approximate surface area is 157 Å². The van der Waals surface area contributed by atoms with Crippen LogP contribution in [-0.4, -0.2) is 15.4 Å². The van der Waals surface area contributed by atoms with Crippen molar-refractivity contribution in [3.63, 3.8) is 0 Å². The quantitative estimate of drug-likeness (QED) is 0.741. The van der Waals surface area contributed by atoms with Crippen molar-refractivity contribution in [3.05, 3.63) is 32.7 Å². The number of ether oxygens (including phenoxy) is 1. The van der Waals surface area contributed by atoms with Crippen molar-refractivity contribution in [1.29, 1.82) is 0 Å². The molecule has 26 heavy (non-hydrogen) atoms. The molecule has 0 unspecified atom stereocenters. The van der Waals surface area contributed by atoms with Crippen LogP contribution >= 0.6 is 11.3 Å². The smallest absolute Gasteiger partial charge is 0.306 e. The molecule has 0 spiro atoms. The largest absolute Gasteiger partial charge is 0.459 e. The molecule has 1 saturated carbocycles. The van der Waals surface area contributed by atoms with Crippen LogP contribution in [0.5, 0.6) is 0 Å². The van der Waals surface area contributed by atoms with Gasteiger partial charge in [0.15, 0.2) is 4.96 Å². The predicted molar refractivity (Wildman–Crippen MR) is 102 cm³/mol. The summed E-state index contributed by atoms with van der Waals surface area (Å²) in [4.78, 5) is 31.1. The van der Waals surface area contributed by atoms with E-state index in [1.165, 1.54) is 49.5 Å². The maximum atomic E-state index is 12.5. The lowest BCUT2D eigenvalue weighted by Crippen LogP contribution is -2.18. The fourth-order valence-electron chi connectivity index (χ4n) is 4.24. The van der Waals surface area contributed by atoms with Gasteiger partial charge < -0.3 is 4.74 Å². The van der Waals surface area contributed by atoms with E-state index >= 15 is 0 Å². The zero-order valence-corrected chi connectivity index (χ0v) is 16.0. The summed E-state index contributed by atoms with van der Waals surface area (Å²) in [5.41, 5.74) is 1.63. The Hall–Kier alpha value is -1.69. The highest BCUT2D eigenvalue weighted by Crippen LogP contribution is 2.29. The normalized spacial score (nSPS) is 18.0. The van der Waals surface area contributed by atoms with Crippen LogP contribution in [-0.2, 0) is 29.0 Å². The molecule has 2 aromatic rings. The predicted octanol–water partition coefficient (Wildman–Crippen LogP) is 4.04. The first-order valence-electron chi connectivity index (χ1n) is 9.89. The Morgan fingerprint density at radius 1 is 1.19 bits per heavy atom. The molecule has 5 nitrogen and oxygen atoms in total. The van der Waals surface area contributed by atoms with Crippen molar-refractivity contribution in [1.82, 2.24) is 9.38 Å². The summed E-state index contributed by atoms with van der Waals surface area (Å²) in [5, 5.41) is 0. The molecule has 2 aliphatic carbocycles. The van der Waals surface area contributed by atoms with E-state index in [1.54, 1.807) is 15.7 Å². The van der Waals surface area contributed by atoms with Gasteiger partial charge in [-0.15, -0.1) is 11.3 Å². The van der Waals surface area contributed by atoms with Gasteiger partial charge in [0.2, 0.25) is 0 Å². The first-order valence-corrected chi connectivity index (χ1v) is 10.7. The Morgan fingerprint density at radius 3 is 2.85 bits per heavy atom. The zero-order chi connectivity index (χ0) is 17.9. The molecular weight excluding hydrogens is 348 g/mol. The van der Waals surface area contributed by atoms with E-state index in [0.29, 0.717) is 18.0 Å². The second-order valence-corrected chi connectivity index (χ2v) is 8.65. The zero-order valence-electron chi connectivity index (χ0n) is 15.2. The second-order valence-electron chi connectivity index (χ2n) is 7.59. The van der Waals surface area contributed by atoms with Crippen LogP contribution in [0.3, 0.4) is 0 Å².